The van der Waals surface area contributed by atoms with Crippen LogP contribution in [0.2, 0.25) is 0 Å². The fourth-order valence-electron chi connectivity index (χ4n) is 2.51. The number of nitrogens with one attached hydrogen (secondary N) is 2. The second-order valence-corrected chi connectivity index (χ2v) is 7.29. The van der Waals surface area contributed by atoms with Gasteiger partial charge in [0.1, 0.15) is 12.4 Å². The van der Waals surface area contributed by atoms with E-state index in [1.807, 2.05) is 26.2 Å². The van der Waals surface area contributed by atoms with E-state index in [-0.39, 0.29) is 24.0 Å². The average molecular weight is 504 g/mol. The number of likely N-dealkylation sites (N-methyl/N-ethyl adjacent to an activating group) is 1. The van der Waals surface area contributed by atoms with Gasteiger partial charge in [0.15, 0.2) is 5.96 Å². The second kappa shape index (κ2) is 14.9. The lowest BCUT2D eigenvalue weighted by Gasteiger charge is -2.12. The zero-order valence-corrected chi connectivity index (χ0v) is 19.9. The Morgan fingerprint density at radius 2 is 2.04 bits per heavy atom. The Morgan fingerprint density at radius 3 is 2.75 bits per heavy atom. The van der Waals surface area contributed by atoms with Crippen LogP contribution < -0.4 is 15.4 Å². The number of aliphatic imine (C=N–C) groups is 1. The summed E-state index contributed by atoms with van der Waals surface area (Å²) in [5, 5.41) is 6.67. The predicted molar refractivity (Wildman–Crippen MR) is 127 cm³/mol. The Balaban J connectivity index is 0.00000392. The molecule has 0 amide bonds. The van der Waals surface area contributed by atoms with Crippen LogP contribution in [0.1, 0.15) is 31.7 Å². The molecule has 0 atom stereocenters. The zero-order chi connectivity index (χ0) is 19.3. The Kier molecular flexibility index (Phi) is 13.3. The van der Waals surface area contributed by atoms with Gasteiger partial charge in [-0.05, 0) is 63.9 Å². The molecule has 2 N–H and O–H groups in total. The molecule has 160 valence electrons. The van der Waals surface area contributed by atoms with Gasteiger partial charge in [-0.1, -0.05) is 12.1 Å². The van der Waals surface area contributed by atoms with Crippen LogP contribution in [0, 0.1) is 5.92 Å². The highest BCUT2D eigenvalue weighted by Gasteiger charge is 2.20. The summed E-state index contributed by atoms with van der Waals surface area (Å²) >= 11 is 0. The van der Waals surface area contributed by atoms with Crippen LogP contribution in [0.15, 0.2) is 29.3 Å². The van der Waals surface area contributed by atoms with E-state index in [0.717, 1.165) is 62.5 Å². The minimum atomic E-state index is 0. The van der Waals surface area contributed by atoms with Crippen LogP contribution in [0.25, 0.3) is 0 Å². The van der Waals surface area contributed by atoms with E-state index in [4.69, 9.17) is 9.47 Å². The molecular weight excluding hydrogens is 467 g/mol. The molecule has 1 aromatic rings. The predicted octanol–water partition coefficient (Wildman–Crippen LogP) is 3.12. The van der Waals surface area contributed by atoms with E-state index in [9.17, 15) is 0 Å². The summed E-state index contributed by atoms with van der Waals surface area (Å²) in [6.07, 6.45) is 3.68. The van der Waals surface area contributed by atoms with Crippen molar-refractivity contribution < 1.29 is 9.47 Å². The topological polar surface area (TPSA) is 58.1 Å². The van der Waals surface area contributed by atoms with Crippen molar-refractivity contribution in [2.75, 3.05) is 53.6 Å². The maximum atomic E-state index is 5.80. The van der Waals surface area contributed by atoms with Gasteiger partial charge in [-0.25, -0.2) is 4.99 Å². The summed E-state index contributed by atoms with van der Waals surface area (Å²) in [5.41, 5.74) is 1.14. The summed E-state index contributed by atoms with van der Waals surface area (Å²) < 4.78 is 11.5. The van der Waals surface area contributed by atoms with E-state index >= 15 is 0 Å². The van der Waals surface area contributed by atoms with Crippen LogP contribution in [0.3, 0.4) is 0 Å². The fraction of sp³-hybridized carbons (Fsp3) is 0.667. The third-order valence-corrected chi connectivity index (χ3v) is 4.28. The molecule has 1 aromatic carbocycles. The third kappa shape index (κ3) is 11.7. The second-order valence-electron chi connectivity index (χ2n) is 7.29. The molecule has 0 aliphatic heterocycles. The summed E-state index contributed by atoms with van der Waals surface area (Å²) in [7, 11) is 4.09. The van der Waals surface area contributed by atoms with Crippen molar-refractivity contribution in [3.05, 3.63) is 29.8 Å². The molecule has 0 heterocycles. The lowest BCUT2D eigenvalue weighted by Crippen LogP contribution is -2.38. The Labute approximate surface area is 187 Å². The van der Waals surface area contributed by atoms with Gasteiger partial charge in [-0.2, -0.15) is 0 Å². The number of ether oxygens (including phenoxy) is 2. The van der Waals surface area contributed by atoms with E-state index < -0.39 is 0 Å². The smallest absolute Gasteiger partial charge is 0.191 e. The number of halogens is 1. The molecule has 2 rings (SSSR count). The first kappa shape index (κ1) is 25.0. The summed E-state index contributed by atoms with van der Waals surface area (Å²) in [4.78, 5) is 6.79. The van der Waals surface area contributed by atoms with Gasteiger partial charge in [0, 0.05) is 32.8 Å². The zero-order valence-electron chi connectivity index (χ0n) is 17.6. The fourth-order valence-corrected chi connectivity index (χ4v) is 2.51. The van der Waals surface area contributed by atoms with Crippen molar-refractivity contribution in [1.82, 2.24) is 15.5 Å². The molecule has 1 aliphatic rings. The van der Waals surface area contributed by atoms with Gasteiger partial charge in [0.2, 0.25) is 0 Å². The van der Waals surface area contributed by atoms with E-state index in [0.29, 0.717) is 13.2 Å². The van der Waals surface area contributed by atoms with Crippen LogP contribution in [0.4, 0.5) is 0 Å². The first-order valence-electron chi connectivity index (χ1n) is 10.1. The van der Waals surface area contributed by atoms with E-state index in [2.05, 4.69) is 39.6 Å². The van der Waals surface area contributed by atoms with Crippen LogP contribution in [-0.4, -0.2) is 64.4 Å². The van der Waals surface area contributed by atoms with Crippen molar-refractivity contribution in [3.63, 3.8) is 0 Å². The average Bonchev–Trinajstić information content (AvgIpc) is 3.47. The molecule has 7 heteroatoms. The molecule has 1 aliphatic carbocycles. The summed E-state index contributed by atoms with van der Waals surface area (Å²) in [6.45, 7) is 7.75. The van der Waals surface area contributed by atoms with Crippen molar-refractivity contribution >= 4 is 29.9 Å². The SMILES string of the molecule is CCNC(=NCc1cccc(OCCN(C)C)c1)NCCCOCC1CC1.I. The van der Waals surface area contributed by atoms with E-state index in [1.165, 1.54) is 12.8 Å². The Bertz CT molecular complexity index is 565. The largest absolute Gasteiger partial charge is 0.492 e. The van der Waals surface area contributed by atoms with Gasteiger partial charge < -0.3 is 25.0 Å². The quantitative estimate of drug-likeness (QED) is 0.187. The van der Waals surface area contributed by atoms with Gasteiger partial charge in [0.05, 0.1) is 6.54 Å². The number of hydrogen-bond donors (Lipinski definition) is 2. The lowest BCUT2D eigenvalue weighted by atomic mass is 10.2. The number of guanidine groups is 1. The lowest BCUT2D eigenvalue weighted by molar-refractivity contribution is 0.123. The highest BCUT2D eigenvalue weighted by atomic mass is 127. The first-order valence-corrected chi connectivity index (χ1v) is 10.1. The van der Waals surface area contributed by atoms with Crippen LogP contribution in [-0.2, 0) is 11.3 Å². The molecule has 28 heavy (non-hydrogen) atoms. The number of rotatable bonds is 13. The highest BCUT2D eigenvalue weighted by molar-refractivity contribution is 14.0. The van der Waals surface area contributed by atoms with E-state index in [1.54, 1.807) is 0 Å². The summed E-state index contributed by atoms with van der Waals surface area (Å²) in [5.74, 6) is 2.58. The van der Waals surface area contributed by atoms with Crippen LogP contribution >= 0.6 is 24.0 Å². The van der Waals surface area contributed by atoms with Crippen LogP contribution in [0.5, 0.6) is 5.75 Å². The Morgan fingerprint density at radius 1 is 1.21 bits per heavy atom. The first-order chi connectivity index (χ1) is 13.2. The number of hydrogen-bond acceptors (Lipinski definition) is 4. The van der Waals surface area contributed by atoms with Gasteiger partial charge in [-0.3, -0.25) is 0 Å². The van der Waals surface area contributed by atoms with Crippen molar-refractivity contribution in [2.24, 2.45) is 10.9 Å². The molecule has 0 unspecified atom stereocenters. The monoisotopic (exact) mass is 504 g/mol. The molecule has 0 radical (unpaired) electrons. The minimum Gasteiger partial charge on any atom is -0.492 e. The van der Waals surface area contributed by atoms with Crippen molar-refractivity contribution in [3.8, 4) is 5.75 Å². The number of benzene rings is 1. The minimum absolute atomic E-state index is 0. The molecular formula is C21H37IN4O2. The van der Waals surface area contributed by atoms with Gasteiger partial charge in [-0.15, -0.1) is 24.0 Å². The maximum absolute atomic E-state index is 5.80. The molecule has 1 saturated carbocycles. The molecule has 0 bridgehead atoms. The summed E-state index contributed by atoms with van der Waals surface area (Å²) in [6, 6.07) is 8.16. The van der Waals surface area contributed by atoms with Crippen molar-refractivity contribution in [1.29, 1.82) is 0 Å². The van der Waals surface area contributed by atoms with Gasteiger partial charge >= 0.3 is 0 Å². The molecule has 0 saturated heterocycles. The number of nitrogens with zero attached hydrogens (tertiary/aromatic N) is 2. The Hall–Kier alpha value is -1.06. The maximum Gasteiger partial charge on any atom is 0.191 e. The molecule has 6 nitrogen and oxygen atoms in total. The van der Waals surface area contributed by atoms with Crippen molar-refractivity contribution in [2.45, 2.75) is 32.7 Å². The highest BCUT2D eigenvalue weighted by Crippen LogP contribution is 2.28. The normalized spacial score (nSPS) is 13.9. The molecule has 0 spiro atoms. The van der Waals surface area contributed by atoms with Gasteiger partial charge in [0.25, 0.3) is 0 Å². The standard InChI is InChI=1S/C21H36N4O2.HI/c1-4-22-21(23-11-6-13-26-17-18-9-10-18)24-16-19-7-5-8-20(15-19)27-14-12-25(2)3;/h5,7-8,15,18H,4,6,9-14,16-17H2,1-3H3,(H2,22,23,24);1H. The molecule has 0 aromatic heterocycles. The third-order valence-electron chi connectivity index (χ3n) is 4.28. The molecule has 1 fully saturated rings.